The van der Waals surface area contributed by atoms with Gasteiger partial charge >= 0.3 is 5.97 Å². The summed E-state index contributed by atoms with van der Waals surface area (Å²) in [6.07, 6.45) is 1.81. The summed E-state index contributed by atoms with van der Waals surface area (Å²) >= 11 is 1.33. The van der Waals surface area contributed by atoms with Crippen LogP contribution < -0.4 is 9.64 Å². The third kappa shape index (κ3) is 3.00. The van der Waals surface area contributed by atoms with E-state index in [1.165, 1.54) is 22.7 Å². The topological polar surface area (TPSA) is 66.8 Å². The number of carbonyl (C=O) groups is 2. The van der Waals surface area contributed by atoms with Crippen LogP contribution in [0.1, 0.15) is 15.9 Å². The predicted octanol–water partition coefficient (Wildman–Crippen LogP) is 3.50. The van der Waals surface area contributed by atoms with Crippen molar-refractivity contribution in [2.45, 2.75) is 4.90 Å². The van der Waals surface area contributed by atoms with Crippen LogP contribution in [-0.2, 0) is 4.79 Å². The van der Waals surface area contributed by atoms with Crippen LogP contribution in [0.4, 0.5) is 5.69 Å². The molecule has 2 aromatic rings. The molecule has 0 atom stereocenters. The van der Waals surface area contributed by atoms with Crippen molar-refractivity contribution >= 4 is 35.4 Å². The van der Waals surface area contributed by atoms with Crippen LogP contribution in [0.2, 0.25) is 0 Å². The van der Waals surface area contributed by atoms with E-state index in [1.54, 1.807) is 32.4 Å². The maximum atomic E-state index is 12.6. The minimum Gasteiger partial charge on any atom is -0.497 e. The molecular formula is C18H15NO4S. The molecule has 2 aromatic carbocycles. The fourth-order valence-corrected chi connectivity index (χ4v) is 3.50. The van der Waals surface area contributed by atoms with Gasteiger partial charge in [0.2, 0.25) is 0 Å². The van der Waals surface area contributed by atoms with E-state index in [-0.39, 0.29) is 11.5 Å². The fourth-order valence-electron chi connectivity index (χ4n) is 2.41. The minimum atomic E-state index is -1.01. The molecule has 0 aliphatic carbocycles. The van der Waals surface area contributed by atoms with Crippen LogP contribution in [0.3, 0.4) is 0 Å². The molecule has 0 fully saturated rings. The Morgan fingerprint density at radius 2 is 2.04 bits per heavy atom. The van der Waals surface area contributed by atoms with Gasteiger partial charge in [-0.3, -0.25) is 4.79 Å². The number of rotatable bonds is 3. The number of hydrogen-bond acceptors (Lipinski definition) is 4. The van der Waals surface area contributed by atoms with E-state index in [9.17, 15) is 9.59 Å². The Morgan fingerprint density at radius 3 is 2.75 bits per heavy atom. The molecule has 1 amide bonds. The Balaban J connectivity index is 1.99. The number of carbonyl (C=O) groups excluding carboxylic acids is 1. The Kier molecular flexibility index (Phi) is 4.31. The SMILES string of the molecule is COc1cccc(C=C2Sc3ccc(C(=O)O)cc3N(C)C2=O)c1. The summed E-state index contributed by atoms with van der Waals surface area (Å²) in [5.41, 5.74) is 1.63. The number of nitrogens with zero attached hydrogens (tertiary/aromatic N) is 1. The van der Waals surface area contributed by atoms with Crippen molar-refractivity contribution in [2.24, 2.45) is 0 Å². The van der Waals surface area contributed by atoms with Crippen LogP contribution in [0, 0.1) is 0 Å². The number of carboxylic acids is 1. The van der Waals surface area contributed by atoms with E-state index in [4.69, 9.17) is 9.84 Å². The molecule has 0 bridgehead atoms. The van der Waals surface area contributed by atoms with E-state index in [0.29, 0.717) is 10.6 Å². The van der Waals surface area contributed by atoms with Gasteiger partial charge < -0.3 is 14.7 Å². The number of benzene rings is 2. The fraction of sp³-hybridized carbons (Fsp3) is 0.111. The molecule has 0 saturated carbocycles. The van der Waals surface area contributed by atoms with Crippen LogP contribution in [0.5, 0.6) is 5.75 Å². The molecule has 0 radical (unpaired) electrons. The van der Waals surface area contributed by atoms with Gasteiger partial charge in [0.15, 0.2) is 0 Å². The van der Waals surface area contributed by atoms with Gasteiger partial charge in [-0.05, 0) is 42.0 Å². The maximum absolute atomic E-state index is 12.6. The number of anilines is 1. The van der Waals surface area contributed by atoms with Crippen LogP contribution in [-0.4, -0.2) is 31.1 Å². The number of carboxylic acid groups (broad SMARTS) is 1. The second-order valence-electron chi connectivity index (χ2n) is 5.24. The quantitative estimate of drug-likeness (QED) is 0.866. The number of ether oxygens (including phenoxy) is 1. The first-order chi connectivity index (χ1) is 11.5. The van der Waals surface area contributed by atoms with Gasteiger partial charge in [0.1, 0.15) is 5.75 Å². The Bertz CT molecular complexity index is 860. The lowest BCUT2D eigenvalue weighted by Gasteiger charge is -2.27. The zero-order chi connectivity index (χ0) is 17.3. The lowest BCUT2D eigenvalue weighted by molar-refractivity contribution is -0.114. The smallest absolute Gasteiger partial charge is 0.335 e. The normalized spacial score (nSPS) is 15.3. The highest BCUT2D eigenvalue weighted by Gasteiger charge is 2.27. The molecule has 0 saturated heterocycles. The number of likely N-dealkylation sites (N-methyl/N-ethyl adjacent to an activating group) is 1. The number of thioether (sulfide) groups is 1. The largest absolute Gasteiger partial charge is 0.497 e. The molecule has 24 heavy (non-hydrogen) atoms. The van der Waals surface area contributed by atoms with E-state index in [0.717, 1.165) is 16.2 Å². The van der Waals surface area contributed by atoms with Crippen molar-refractivity contribution < 1.29 is 19.4 Å². The lowest BCUT2D eigenvalue weighted by atomic mass is 10.1. The number of aromatic carboxylic acids is 1. The van der Waals surface area contributed by atoms with E-state index < -0.39 is 5.97 Å². The summed E-state index contributed by atoms with van der Waals surface area (Å²) in [6, 6.07) is 12.2. The van der Waals surface area contributed by atoms with Crippen molar-refractivity contribution in [1.29, 1.82) is 0 Å². The standard InChI is InChI=1S/C18H15NO4S/c1-19-14-10-12(18(21)22)6-7-15(14)24-16(17(19)20)9-11-4-3-5-13(8-11)23-2/h3-10H,1-2H3,(H,21,22). The van der Waals surface area contributed by atoms with Crippen LogP contribution in [0.25, 0.3) is 6.08 Å². The average Bonchev–Trinajstić information content (AvgIpc) is 2.59. The summed E-state index contributed by atoms with van der Waals surface area (Å²) < 4.78 is 5.20. The third-order valence-corrected chi connectivity index (χ3v) is 4.77. The molecule has 0 spiro atoms. The highest BCUT2D eigenvalue weighted by Crippen LogP contribution is 2.42. The van der Waals surface area contributed by atoms with E-state index in [2.05, 4.69) is 0 Å². The molecule has 0 unspecified atom stereocenters. The van der Waals surface area contributed by atoms with Crippen molar-refractivity contribution in [3.8, 4) is 5.75 Å². The van der Waals surface area contributed by atoms with Crippen molar-refractivity contribution in [1.82, 2.24) is 0 Å². The predicted molar refractivity (Wildman–Crippen MR) is 93.6 cm³/mol. The molecule has 1 aliphatic heterocycles. The molecule has 1 heterocycles. The monoisotopic (exact) mass is 341 g/mol. The summed E-state index contributed by atoms with van der Waals surface area (Å²) in [7, 11) is 3.24. The molecule has 1 N–H and O–H groups in total. The number of fused-ring (bicyclic) bond motifs is 1. The van der Waals surface area contributed by atoms with Crippen LogP contribution in [0.15, 0.2) is 52.3 Å². The minimum absolute atomic E-state index is 0.161. The van der Waals surface area contributed by atoms with Crippen molar-refractivity contribution in [3.63, 3.8) is 0 Å². The van der Waals surface area contributed by atoms with Crippen molar-refractivity contribution in [2.75, 3.05) is 19.1 Å². The first-order valence-electron chi connectivity index (χ1n) is 7.18. The molecule has 6 heteroatoms. The molecule has 122 valence electrons. The lowest BCUT2D eigenvalue weighted by Crippen LogP contribution is -2.30. The van der Waals surface area contributed by atoms with Gasteiger partial charge in [0.05, 0.1) is 23.3 Å². The first-order valence-corrected chi connectivity index (χ1v) is 8.00. The maximum Gasteiger partial charge on any atom is 0.335 e. The third-order valence-electron chi connectivity index (χ3n) is 3.69. The Morgan fingerprint density at radius 1 is 1.25 bits per heavy atom. The molecule has 3 rings (SSSR count). The number of amides is 1. The van der Waals surface area contributed by atoms with Gasteiger partial charge in [0.25, 0.3) is 5.91 Å². The van der Waals surface area contributed by atoms with Crippen LogP contribution >= 0.6 is 11.8 Å². The summed E-state index contributed by atoms with van der Waals surface area (Å²) in [5.74, 6) is -0.461. The second-order valence-corrected chi connectivity index (χ2v) is 6.32. The summed E-state index contributed by atoms with van der Waals surface area (Å²) in [5, 5.41) is 9.10. The molecule has 5 nitrogen and oxygen atoms in total. The van der Waals surface area contributed by atoms with Gasteiger partial charge in [-0.1, -0.05) is 23.9 Å². The first kappa shape index (κ1) is 16.1. The van der Waals surface area contributed by atoms with Gasteiger partial charge in [-0.15, -0.1) is 0 Å². The Labute approximate surface area is 143 Å². The summed E-state index contributed by atoms with van der Waals surface area (Å²) in [6.45, 7) is 0. The summed E-state index contributed by atoms with van der Waals surface area (Å²) in [4.78, 5) is 26.6. The Hall–Kier alpha value is -2.73. The highest BCUT2D eigenvalue weighted by atomic mass is 32.2. The van der Waals surface area contributed by atoms with E-state index >= 15 is 0 Å². The van der Waals surface area contributed by atoms with Gasteiger partial charge in [0, 0.05) is 11.9 Å². The zero-order valence-corrected chi connectivity index (χ0v) is 14.0. The average molecular weight is 341 g/mol. The molecule has 1 aliphatic rings. The number of methoxy groups -OCH3 is 1. The van der Waals surface area contributed by atoms with Gasteiger partial charge in [-0.25, -0.2) is 4.79 Å². The molecule has 0 aromatic heterocycles. The molecular weight excluding hydrogens is 326 g/mol. The van der Waals surface area contributed by atoms with Gasteiger partial charge in [-0.2, -0.15) is 0 Å². The number of hydrogen-bond donors (Lipinski definition) is 1. The van der Waals surface area contributed by atoms with Crippen molar-refractivity contribution in [3.05, 3.63) is 58.5 Å². The highest BCUT2D eigenvalue weighted by molar-refractivity contribution is 8.04. The van der Waals surface area contributed by atoms with E-state index in [1.807, 2.05) is 24.3 Å². The zero-order valence-electron chi connectivity index (χ0n) is 13.1. The second kappa shape index (κ2) is 6.41.